The van der Waals surface area contributed by atoms with Gasteiger partial charge in [-0.3, -0.25) is 4.79 Å². The van der Waals surface area contributed by atoms with Gasteiger partial charge in [0.25, 0.3) is 0 Å². The van der Waals surface area contributed by atoms with Gasteiger partial charge in [-0.25, -0.2) is 4.98 Å². The number of halogens is 1. The lowest BCUT2D eigenvalue weighted by Crippen LogP contribution is -2.12. The van der Waals surface area contributed by atoms with Crippen LogP contribution in [0, 0.1) is 0 Å². The number of thiazole rings is 1. The number of hydrogen-bond donors (Lipinski definition) is 1. The maximum atomic E-state index is 12.1. The third-order valence-corrected chi connectivity index (χ3v) is 5.13. The van der Waals surface area contributed by atoms with Gasteiger partial charge in [0, 0.05) is 17.4 Å². The number of nitrogens with zero attached hydrogens (tertiary/aromatic N) is 1. The largest absolute Gasteiger partial charge is 0.497 e. The number of carbonyl (C=O) groups is 1. The van der Waals surface area contributed by atoms with E-state index in [9.17, 15) is 4.79 Å². The monoisotopic (exact) mass is 432 g/mol. The number of amides is 1. The fourth-order valence-corrected chi connectivity index (χ4v) is 3.56. The zero-order valence-corrected chi connectivity index (χ0v) is 17.7. The Balaban J connectivity index is 1.45. The molecule has 1 heterocycles. The SMILES string of the molecule is COc1ccc(OCCCC(=O)Nc2nc(-c3ccc(OC)c(Cl)c3)cs2)cc1. The summed E-state index contributed by atoms with van der Waals surface area (Å²) in [6, 6.07) is 12.8. The summed E-state index contributed by atoms with van der Waals surface area (Å²) in [4.78, 5) is 16.6. The van der Waals surface area contributed by atoms with Crippen molar-refractivity contribution in [1.82, 2.24) is 4.98 Å². The molecule has 0 aliphatic carbocycles. The van der Waals surface area contributed by atoms with Gasteiger partial charge in [0.2, 0.25) is 5.91 Å². The summed E-state index contributed by atoms with van der Waals surface area (Å²) in [5.41, 5.74) is 1.61. The van der Waals surface area contributed by atoms with Crippen LogP contribution in [0.3, 0.4) is 0 Å². The third kappa shape index (κ3) is 5.85. The average molecular weight is 433 g/mol. The van der Waals surface area contributed by atoms with E-state index in [-0.39, 0.29) is 5.91 Å². The van der Waals surface area contributed by atoms with Gasteiger partial charge in [-0.15, -0.1) is 11.3 Å². The van der Waals surface area contributed by atoms with E-state index in [4.69, 9.17) is 25.8 Å². The Morgan fingerprint density at radius 2 is 1.86 bits per heavy atom. The molecule has 0 radical (unpaired) electrons. The number of nitrogens with one attached hydrogen (secondary N) is 1. The molecule has 0 fully saturated rings. The number of anilines is 1. The fourth-order valence-electron chi connectivity index (χ4n) is 2.57. The molecule has 0 unspecified atom stereocenters. The summed E-state index contributed by atoms with van der Waals surface area (Å²) in [7, 11) is 3.19. The van der Waals surface area contributed by atoms with Gasteiger partial charge in [0.05, 0.1) is 31.5 Å². The van der Waals surface area contributed by atoms with Crippen LogP contribution in [-0.4, -0.2) is 31.7 Å². The van der Waals surface area contributed by atoms with Crippen LogP contribution in [0.15, 0.2) is 47.8 Å². The Bertz CT molecular complexity index is 960. The van der Waals surface area contributed by atoms with Gasteiger partial charge in [-0.2, -0.15) is 0 Å². The molecule has 3 aromatic rings. The fraction of sp³-hybridized carbons (Fsp3) is 0.238. The number of aromatic nitrogens is 1. The smallest absolute Gasteiger partial charge is 0.226 e. The Hall–Kier alpha value is -2.77. The molecule has 0 saturated heterocycles. The first kappa shape index (κ1) is 21.0. The minimum Gasteiger partial charge on any atom is -0.497 e. The van der Waals surface area contributed by atoms with Crippen molar-refractivity contribution in [2.24, 2.45) is 0 Å². The number of benzene rings is 2. The summed E-state index contributed by atoms with van der Waals surface area (Å²) in [5.74, 6) is 2.03. The summed E-state index contributed by atoms with van der Waals surface area (Å²) < 4.78 is 15.9. The maximum absolute atomic E-state index is 12.1. The molecule has 2 aromatic carbocycles. The zero-order chi connectivity index (χ0) is 20.6. The Labute approximate surface area is 178 Å². The zero-order valence-electron chi connectivity index (χ0n) is 16.1. The topological polar surface area (TPSA) is 69.7 Å². The molecule has 6 nitrogen and oxygen atoms in total. The molecule has 29 heavy (non-hydrogen) atoms. The molecule has 0 saturated carbocycles. The van der Waals surface area contributed by atoms with Crippen LogP contribution >= 0.6 is 22.9 Å². The first-order valence-electron chi connectivity index (χ1n) is 8.95. The standard InChI is InChI=1S/C21H21ClN2O4S/c1-26-15-6-8-16(9-7-15)28-11-3-4-20(25)24-21-23-18(13-29-21)14-5-10-19(27-2)17(22)12-14/h5-10,12-13H,3-4,11H2,1-2H3,(H,23,24,25). The minimum atomic E-state index is -0.100. The molecule has 1 aromatic heterocycles. The van der Waals surface area contributed by atoms with Crippen LogP contribution in [0.2, 0.25) is 5.02 Å². The second-order valence-corrected chi connectivity index (χ2v) is 7.33. The normalized spacial score (nSPS) is 10.4. The highest BCUT2D eigenvalue weighted by Crippen LogP contribution is 2.31. The molecule has 0 aliphatic heterocycles. The Kier molecular flexibility index (Phi) is 7.32. The van der Waals surface area contributed by atoms with Crippen LogP contribution in [0.25, 0.3) is 11.3 Å². The molecule has 1 N–H and O–H groups in total. The molecular formula is C21H21ClN2O4S. The van der Waals surface area contributed by atoms with Crippen LogP contribution in [0.4, 0.5) is 5.13 Å². The molecule has 152 valence electrons. The summed E-state index contributed by atoms with van der Waals surface area (Å²) in [6.07, 6.45) is 0.948. The van der Waals surface area contributed by atoms with E-state index < -0.39 is 0 Å². The highest BCUT2D eigenvalue weighted by molar-refractivity contribution is 7.14. The highest BCUT2D eigenvalue weighted by atomic mass is 35.5. The number of ether oxygens (including phenoxy) is 3. The number of rotatable bonds is 9. The predicted molar refractivity (Wildman–Crippen MR) is 115 cm³/mol. The van der Waals surface area contributed by atoms with Gasteiger partial charge in [0.15, 0.2) is 5.13 Å². The van der Waals surface area contributed by atoms with Crippen LogP contribution in [0.1, 0.15) is 12.8 Å². The molecule has 1 amide bonds. The van der Waals surface area contributed by atoms with Gasteiger partial charge in [-0.1, -0.05) is 11.6 Å². The van der Waals surface area contributed by atoms with E-state index in [0.29, 0.717) is 35.4 Å². The number of methoxy groups -OCH3 is 2. The predicted octanol–water partition coefficient (Wildman–Crippen LogP) is 5.28. The van der Waals surface area contributed by atoms with Gasteiger partial charge < -0.3 is 19.5 Å². The van der Waals surface area contributed by atoms with Crippen LogP contribution in [0.5, 0.6) is 17.2 Å². The number of hydrogen-bond acceptors (Lipinski definition) is 6. The summed E-state index contributed by atoms with van der Waals surface area (Å²) in [5, 5.41) is 5.76. The van der Waals surface area contributed by atoms with Crippen molar-refractivity contribution in [3.05, 3.63) is 52.9 Å². The minimum absolute atomic E-state index is 0.100. The van der Waals surface area contributed by atoms with E-state index in [1.165, 1.54) is 11.3 Å². The molecular weight excluding hydrogens is 412 g/mol. The molecule has 0 bridgehead atoms. The third-order valence-electron chi connectivity index (χ3n) is 4.07. The summed E-state index contributed by atoms with van der Waals surface area (Å²) in [6.45, 7) is 0.452. The van der Waals surface area contributed by atoms with Crippen molar-refractivity contribution in [1.29, 1.82) is 0 Å². The van der Waals surface area contributed by atoms with Crippen molar-refractivity contribution >= 4 is 34.0 Å². The molecule has 0 atom stereocenters. The molecule has 3 rings (SSSR count). The second-order valence-electron chi connectivity index (χ2n) is 6.06. The van der Waals surface area contributed by atoms with E-state index in [1.54, 1.807) is 26.4 Å². The number of carbonyl (C=O) groups excluding carboxylic acids is 1. The van der Waals surface area contributed by atoms with E-state index in [1.807, 2.05) is 35.7 Å². The first-order chi connectivity index (χ1) is 14.1. The maximum Gasteiger partial charge on any atom is 0.226 e. The van der Waals surface area contributed by atoms with Crippen molar-refractivity contribution in [3.63, 3.8) is 0 Å². The quantitative estimate of drug-likeness (QED) is 0.466. The molecule has 0 spiro atoms. The van der Waals surface area contributed by atoms with Crippen molar-refractivity contribution in [3.8, 4) is 28.5 Å². The van der Waals surface area contributed by atoms with E-state index in [0.717, 1.165) is 22.8 Å². The van der Waals surface area contributed by atoms with Crippen molar-refractivity contribution in [2.45, 2.75) is 12.8 Å². The molecule has 8 heteroatoms. The lowest BCUT2D eigenvalue weighted by Gasteiger charge is -2.07. The van der Waals surface area contributed by atoms with Crippen LogP contribution < -0.4 is 19.5 Å². The van der Waals surface area contributed by atoms with Gasteiger partial charge >= 0.3 is 0 Å². The van der Waals surface area contributed by atoms with Crippen molar-refractivity contribution in [2.75, 3.05) is 26.1 Å². The van der Waals surface area contributed by atoms with Gasteiger partial charge in [-0.05, 0) is 48.9 Å². The second kappa shape index (κ2) is 10.1. The Morgan fingerprint density at radius 1 is 1.10 bits per heavy atom. The van der Waals surface area contributed by atoms with Crippen LogP contribution in [-0.2, 0) is 4.79 Å². The first-order valence-corrected chi connectivity index (χ1v) is 10.2. The van der Waals surface area contributed by atoms with E-state index >= 15 is 0 Å². The summed E-state index contributed by atoms with van der Waals surface area (Å²) >= 11 is 7.53. The average Bonchev–Trinajstić information content (AvgIpc) is 3.20. The highest BCUT2D eigenvalue weighted by Gasteiger charge is 2.10. The molecule has 0 aliphatic rings. The van der Waals surface area contributed by atoms with E-state index in [2.05, 4.69) is 10.3 Å². The Morgan fingerprint density at radius 3 is 2.55 bits per heavy atom. The van der Waals surface area contributed by atoms with Gasteiger partial charge in [0.1, 0.15) is 17.2 Å². The lowest BCUT2D eigenvalue weighted by molar-refractivity contribution is -0.116. The lowest BCUT2D eigenvalue weighted by atomic mass is 10.2. The van der Waals surface area contributed by atoms with Crippen molar-refractivity contribution < 1.29 is 19.0 Å².